The first-order valence-corrected chi connectivity index (χ1v) is 28.7. The van der Waals surface area contributed by atoms with Crippen LogP contribution in [0.3, 0.4) is 0 Å². The van der Waals surface area contributed by atoms with E-state index in [-0.39, 0.29) is 18.5 Å². The van der Waals surface area contributed by atoms with Gasteiger partial charge in [0.05, 0.1) is 25.4 Å². The Labute approximate surface area is 404 Å². The van der Waals surface area contributed by atoms with Crippen molar-refractivity contribution in [2.24, 2.45) is 0 Å². The van der Waals surface area contributed by atoms with Gasteiger partial charge < -0.3 is 20.3 Å². The Morgan fingerprint density at radius 2 is 0.800 bits per heavy atom. The molecule has 2 unspecified atom stereocenters. The highest BCUT2D eigenvalue weighted by Crippen LogP contribution is 2.17. The van der Waals surface area contributed by atoms with E-state index in [1.165, 1.54) is 218 Å². The normalized spacial score (nSPS) is 12.9. The Bertz CT molecular complexity index is 1060. The lowest BCUT2D eigenvalue weighted by atomic mass is 10.0. The molecular formula is C59H111NO5. The van der Waals surface area contributed by atoms with Gasteiger partial charge in [0.25, 0.3) is 0 Å². The molecule has 2 atom stereocenters. The number of aliphatic hydroxyl groups excluding tert-OH is 2. The van der Waals surface area contributed by atoms with Crippen LogP contribution in [0.4, 0.5) is 0 Å². The maximum atomic E-state index is 12.4. The molecule has 0 aromatic rings. The zero-order valence-corrected chi connectivity index (χ0v) is 43.5. The number of allylic oxidation sites excluding steroid dienone is 6. The van der Waals surface area contributed by atoms with Gasteiger partial charge in [-0.1, -0.05) is 249 Å². The first kappa shape index (κ1) is 63.1. The molecule has 6 heteroatoms. The maximum Gasteiger partial charge on any atom is 0.305 e. The number of unbranched alkanes of at least 4 members (excludes halogenated alkanes) is 36. The van der Waals surface area contributed by atoms with Crippen LogP contribution in [0.15, 0.2) is 36.5 Å². The molecule has 0 rings (SSSR count). The largest absolute Gasteiger partial charge is 0.466 e. The van der Waals surface area contributed by atoms with E-state index in [1.54, 1.807) is 0 Å². The number of amides is 1. The number of rotatable bonds is 53. The fourth-order valence-electron chi connectivity index (χ4n) is 8.73. The third-order valence-electron chi connectivity index (χ3n) is 13.1. The smallest absolute Gasteiger partial charge is 0.305 e. The van der Waals surface area contributed by atoms with Crippen molar-refractivity contribution in [3.05, 3.63) is 36.5 Å². The van der Waals surface area contributed by atoms with Crippen LogP contribution in [0.1, 0.15) is 303 Å². The monoisotopic (exact) mass is 914 g/mol. The second kappa shape index (κ2) is 54.7. The van der Waals surface area contributed by atoms with Gasteiger partial charge in [0.2, 0.25) is 5.91 Å². The molecule has 0 aliphatic carbocycles. The minimum Gasteiger partial charge on any atom is -0.466 e. The minimum atomic E-state index is -0.666. The predicted molar refractivity (Wildman–Crippen MR) is 283 cm³/mol. The number of hydrogen-bond donors (Lipinski definition) is 3. The first-order chi connectivity index (χ1) is 32.0. The topological polar surface area (TPSA) is 95.9 Å². The maximum absolute atomic E-state index is 12.4. The highest BCUT2D eigenvalue weighted by molar-refractivity contribution is 5.76. The predicted octanol–water partition coefficient (Wildman–Crippen LogP) is 17.6. The number of ether oxygens (including phenoxy) is 1. The van der Waals surface area contributed by atoms with E-state index in [0.29, 0.717) is 25.9 Å². The Kier molecular flexibility index (Phi) is 53.1. The number of carbonyl (C=O) groups excluding carboxylic acids is 2. The lowest BCUT2D eigenvalue weighted by Gasteiger charge is -2.22. The molecule has 382 valence electrons. The summed E-state index contributed by atoms with van der Waals surface area (Å²) in [6, 6.07) is -0.543. The molecule has 0 aliphatic heterocycles. The van der Waals surface area contributed by atoms with Crippen molar-refractivity contribution in [1.82, 2.24) is 5.32 Å². The zero-order valence-electron chi connectivity index (χ0n) is 43.5. The average molecular weight is 915 g/mol. The Morgan fingerprint density at radius 1 is 0.431 bits per heavy atom. The van der Waals surface area contributed by atoms with Crippen molar-refractivity contribution < 1.29 is 24.5 Å². The fraction of sp³-hybridized carbons (Fsp3) is 0.864. The number of nitrogens with one attached hydrogen (secondary N) is 1. The molecule has 0 heterocycles. The van der Waals surface area contributed by atoms with E-state index in [4.69, 9.17) is 4.74 Å². The van der Waals surface area contributed by atoms with Crippen LogP contribution in [-0.2, 0) is 14.3 Å². The molecule has 65 heavy (non-hydrogen) atoms. The molecule has 3 N–H and O–H groups in total. The van der Waals surface area contributed by atoms with Gasteiger partial charge in [0.15, 0.2) is 0 Å². The summed E-state index contributed by atoms with van der Waals surface area (Å²) < 4.78 is 5.46. The summed E-state index contributed by atoms with van der Waals surface area (Å²) >= 11 is 0. The number of esters is 1. The van der Waals surface area contributed by atoms with Crippen LogP contribution in [0.5, 0.6) is 0 Å². The molecule has 0 saturated carbocycles. The zero-order chi connectivity index (χ0) is 47.2. The second-order valence-electron chi connectivity index (χ2n) is 19.6. The van der Waals surface area contributed by atoms with Crippen molar-refractivity contribution in [3.63, 3.8) is 0 Å². The van der Waals surface area contributed by atoms with Gasteiger partial charge in [0, 0.05) is 12.8 Å². The van der Waals surface area contributed by atoms with Gasteiger partial charge in [-0.3, -0.25) is 9.59 Å². The number of aliphatic hydroxyl groups is 2. The molecule has 0 fully saturated rings. The third-order valence-corrected chi connectivity index (χ3v) is 13.1. The van der Waals surface area contributed by atoms with Crippen molar-refractivity contribution in [3.8, 4) is 0 Å². The standard InChI is InChI=1S/C59H111NO5/c1-3-5-7-9-11-13-15-28-33-37-41-45-49-53-59(64)65-54-50-46-42-38-34-30-27-25-23-21-19-17-16-18-20-22-24-26-29-32-36-40-44-48-52-58(63)60-56(55-61)57(62)51-47-43-39-35-31-14-12-10-8-6-4-2/h7,9,13,15,18,20,56-57,61-62H,3-6,8,10-12,14,16-17,19,21-55H2,1-2H3,(H,60,63)/b9-7-,15-13-,20-18-. The molecule has 0 bridgehead atoms. The van der Waals surface area contributed by atoms with Crippen LogP contribution >= 0.6 is 0 Å². The van der Waals surface area contributed by atoms with Gasteiger partial charge in [-0.15, -0.1) is 0 Å². The van der Waals surface area contributed by atoms with E-state index in [0.717, 1.165) is 51.4 Å². The summed E-state index contributed by atoms with van der Waals surface area (Å²) in [6.07, 6.45) is 67.1. The molecule has 0 radical (unpaired) electrons. The summed E-state index contributed by atoms with van der Waals surface area (Å²) in [6.45, 7) is 4.87. The van der Waals surface area contributed by atoms with Crippen molar-refractivity contribution in [2.75, 3.05) is 13.2 Å². The summed E-state index contributed by atoms with van der Waals surface area (Å²) in [5.74, 6) is -0.0439. The molecule has 0 aliphatic rings. The summed E-state index contributed by atoms with van der Waals surface area (Å²) in [5, 5.41) is 23.2. The Hall–Kier alpha value is -1.92. The molecule has 6 nitrogen and oxygen atoms in total. The Morgan fingerprint density at radius 3 is 1.25 bits per heavy atom. The number of carbonyl (C=O) groups is 2. The lowest BCUT2D eigenvalue weighted by molar-refractivity contribution is -0.143. The van der Waals surface area contributed by atoms with Crippen LogP contribution in [0, 0.1) is 0 Å². The van der Waals surface area contributed by atoms with Crippen LogP contribution in [-0.4, -0.2) is 47.4 Å². The first-order valence-electron chi connectivity index (χ1n) is 28.7. The summed E-state index contributed by atoms with van der Waals surface area (Å²) in [4.78, 5) is 24.4. The lowest BCUT2D eigenvalue weighted by Crippen LogP contribution is -2.45. The van der Waals surface area contributed by atoms with E-state index >= 15 is 0 Å². The van der Waals surface area contributed by atoms with Crippen molar-refractivity contribution in [1.29, 1.82) is 0 Å². The summed E-state index contributed by atoms with van der Waals surface area (Å²) in [7, 11) is 0. The van der Waals surface area contributed by atoms with Gasteiger partial charge in [-0.25, -0.2) is 0 Å². The highest BCUT2D eigenvalue weighted by atomic mass is 16.5. The van der Waals surface area contributed by atoms with Crippen molar-refractivity contribution in [2.45, 2.75) is 315 Å². The van der Waals surface area contributed by atoms with Crippen LogP contribution in [0.25, 0.3) is 0 Å². The SMILES string of the molecule is CCC/C=C\C/C=C\CCCCCCCC(=O)OCCCCCCCCCCCCCC/C=C\CCCCCCCCCCC(=O)NC(CO)C(O)CCCCCCCCCCCCC. The third kappa shape index (κ3) is 51.3. The van der Waals surface area contributed by atoms with Gasteiger partial charge >= 0.3 is 5.97 Å². The van der Waals surface area contributed by atoms with Gasteiger partial charge in [-0.2, -0.15) is 0 Å². The summed E-state index contributed by atoms with van der Waals surface area (Å²) in [5.41, 5.74) is 0. The van der Waals surface area contributed by atoms with Crippen LogP contribution in [0.2, 0.25) is 0 Å². The molecule has 0 spiro atoms. The molecule has 1 amide bonds. The molecular weight excluding hydrogens is 803 g/mol. The number of hydrogen-bond acceptors (Lipinski definition) is 5. The molecule has 0 aromatic carbocycles. The van der Waals surface area contributed by atoms with Gasteiger partial charge in [-0.05, 0) is 77.0 Å². The fourth-order valence-corrected chi connectivity index (χ4v) is 8.73. The average Bonchev–Trinajstić information content (AvgIpc) is 3.31. The van der Waals surface area contributed by atoms with E-state index in [2.05, 4.69) is 55.6 Å². The molecule has 0 saturated heterocycles. The van der Waals surface area contributed by atoms with Crippen LogP contribution < -0.4 is 5.32 Å². The van der Waals surface area contributed by atoms with Gasteiger partial charge in [0.1, 0.15) is 0 Å². The van der Waals surface area contributed by atoms with Crippen molar-refractivity contribution >= 4 is 11.9 Å². The highest BCUT2D eigenvalue weighted by Gasteiger charge is 2.20. The van der Waals surface area contributed by atoms with E-state index in [9.17, 15) is 19.8 Å². The van der Waals surface area contributed by atoms with E-state index in [1.807, 2.05) is 0 Å². The Balaban J connectivity index is 3.39. The molecule has 0 aromatic heterocycles. The van der Waals surface area contributed by atoms with E-state index < -0.39 is 12.1 Å². The second-order valence-corrected chi connectivity index (χ2v) is 19.6. The quantitative estimate of drug-likeness (QED) is 0.0321. The minimum absolute atomic E-state index is 0.00322.